The molecule has 4 nitrogen and oxygen atoms in total. The fourth-order valence-electron chi connectivity index (χ4n) is 1.74. The minimum absolute atomic E-state index is 0.259. The van der Waals surface area contributed by atoms with Crippen molar-refractivity contribution in [3.8, 4) is 16.9 Å². The van der Waals surface area contributed by atoms with E-state index in [9.17, 15) is 18.3 Å². The quantitative estimate of drug-likeness (QED) is 0.909. The second-order valence-corrected chi connectivity index (χ2v) is 3.96. The number of nitrogens with zero attached hydrogens (tertiary/aromatic N) is 1. The van der Waals surface area contributed by atoms with E-state index < -0.39 is 6.36 Å². The van der Waals surface area contributed by atoms with Crippen molar-refractivity contribution in [2.24, 2.45) is 0 Å². The molecule has 0 saturated carbocycles. The number of hydrogen-bond donors (Lipinski definition) is 2. The van der Waals surface area contributed by atoms with Crippen molar-refractivity contribution in [1.29, 1.82) is 0 Å². The number of nitrogens with two attached hydrogens (primary N) is 1. The van der Waals surface area contributed by atoms with Gasteiger partial charge in [-0.05, 0) is 29.8 Å². The first-order valence-electron chi connectivity index (χ1n) is 5.61. The zero-order valence-corrected chi connectivity index (χ0v) is 10.2. The van der Waals surface area contributed by atoms with Crippen LogP contribution in [0.25, 0.3) is 11.1 Å². The average Bonchev–Trinajstić information content (AvgIpc) is 2.38. The van der Waals surface area contributed by atoms with Crippen LogP contribution in [0.3, 0.4) is 0 Å². The van der Waals surface area contributed by atoms with E-state index in [2.05, 4.69) is 9.72 Å². The molecule has 3 N–H and O–H groups in total. The molecule has 7 heteroatoms. The van der Waals surface area contributed by atoms with Crippen molar-refractivity contribution < 1.29 is 23.0 Å². The molecule has 0 spiro atoms. The van der Waals surface area contributed by atoms with Gasteiger partial charge in [0.25, 0.3) is 0 Å². The number of aliphatic hydroxyl groups excluding tert-OH is 1. The summed E-state index contributed by atoms with van der Waals surface area (Å²) in [6.45, 7) is -0.318. The Labute approximate surface area is 112 Å². The molecule has 0 bridgehead atoms. The number of ether oxygens (including phenoxy) is 1. The Kier molecular flexibility index (Phi) is 3.80. The van der Waals surface area contributed by atoms with Gasteiger partial charge in [0, 0.05) is 5.56 Å². The third-order valence-corrected chi connectivity index (χ3v) is 2.54. The van der Waals surface area contributed by atoms with E-state index in [0.717, 1.165) is 0 Å². The van der Waals surface area contributed by atoms with E-state index >= 15 is 0 Å². The summed E-state index contributed by atoms with van der Waals surface area (Å²) in [7, 11) is 0. The Bertz CT molecular complexity index is 598. The molecular weight excluding hydrogens is 273 g/mol. The van der Waals surface area contributed by atoms with E-state index in [1.54, 1.807) is 12.1 Å². The van der Waals surface area contributed by atoms with Crippen LogP contribution in [0.15, 0.2) is 36.4 Å². The molecule has 0 aliphatic carbocycles. The Morgan fingerprint density at radius 2 is 1.75 bits per heavy atom. The van der Waals surface area contributed by atoms with Crippen LogP contribution in [0.4, 0.5) is 19.0 Å². The molecule has 0 unspecified atom stereocenters. The number of anilines is 1. The van der Waals surface area contributed by atoms with Crippen LogP contribution < -0.4 is 10.5 Å². The van der Waals surface area contributed by atoms with E-state index in [4.69, 9.17) is 5.73 Å². The predicted molar refractivity (Wildman–Crippen MR) is 66.7 cm³/mol. The maximum Gasteiger partial charge on any atom is 0.573 e. The Morgan fingerprint density at radius 1 is 1.10 bits per heavy atom. The van der Waals surface area contributed by atoms with Crippen molar-refractivity contribution in [3.05, 3.63) is 42.1 Å². The average molecular weight is 284 g/mol. The number of alkyl halides is 3. The van der Waals surface area contributed by atoms with Gasteiger partial charge in [0.15, 0.2) is 0 Å². The lowest BCUT2D eigenvalue weighted by molar-refractivity contribution is -0.274. The lowest BCUT2D eigenvalue weighted by Gasteiger charge is -2.11. The highest BCUT2D eigenvalue weighted by molar-refractivity contribution is 5.67. The molecule has 0 radical (unpaired) electrons. The summed E-state index contributed by atoms with van der Waals surface area (Å²) >= 11 is 0. The number of aromatic nitrogens is 1. The van der Waals surface area contributed by atoms with Gasteiger partial charge in [0.05, 0.1) is 12.3 Å². The number of rotatable bonds is 3. The minimum atomic E-state index is -4.72. The Balaban J connectivity index is 2.30. The molecular formula is C13H11F3N2O2. The molecule has 0 atom stereocenters. The second-order valence-electron chi connectivity index (χ2n) is 3.96. The predicted octanol–water partition coefficient (Wildman–Crippen LogP) is 2.72. The van der Waals surface area contributed by atoms with Crippen molar-refractivity contribution in [1.82, 2.24) is 4.98 Å². The number of nitrogen functional groups attached to an aromatic ring is 1. The SMILES string of the molecule is Nc1ccc(-c2ccc(OC(F)(F)F)cc2)c(CO)n1. The molecule has 2 aromatic rings. The summed E-state index contributed by atoms with van der Waals surface area (Å²) in [5, 5.41) is 9.22. The standard InChI is InChI=1S/C13H11F3N2O2/c14-13(15,16)20-9-3-1-8(2-4-9)10-5-6-12(17)18-11(10)7-19/h1-6,19H,7H2,(H2,17,18). The summed E-state index contributed by atoms with van der Waals surface area (Å²) in [4.78, 5) is 3.97. The second kappa shape index (κ2) is 5.38. The van der Waals surface area contributed by atoms with Crippen molar-refractivity contribution in [2.75, 3.05) is 5.73 Å². The van der Waals surface area contributed by atoms with Crippen molar-refractivity contribution >= 4 is 5.82 Å². The first-order chi connectivity index (χ1) is 9.39. The largest absolute Gasteiger partial charge is 0.573 e. The number of hydrogen-bond acceptors (Lipinski definition) is 4. The molecule has 1 aromatic heterocycles. The van der Waals surface area contributed by atoms with Gasteiger partial charge >= 0.3 is 6.36 Å². The summed E-state index contributed by atoms with van der Waals surface area (Å²) in [6.07, 6.45) is -4.72. The third-order valence-electron chi connectivity index (χ3n) is 2.54. The van der Waals surface area contributed by atoms with Gasteiger partial charge in [-0.3, -0.25) is 0 Å². The fourth-order valence-corrected chi connectivity index (χ4v) is 1.74. The van der Waals surface area contributed by atoms with Crippen LogP contribution in [0.1, 0.15) is 5.69 Å². The molecule has 0 saturated heterocycles. The molecule has 1 aromatic carbocycles. The summed E-state index contributed by atoms with van der Waals surface area (Å²) in [5.41, 5.74) is 7.07. The molecule has 2 rings (SSSR count). The van der Waals surface area contributed by atoms with E-state index in [-0.39, 0.29) is 18.2 Å². The normalized spacial score (nSPS) is 11.4. The maximum absolute atomic E-state index is 12.0. The van der Waals surface area contributed by atoms with Crippen molar-refractivity contribution in [2.45, 2.75) is 13.0 Å². The van der Waals surface area contributed by atoms with Gasteiger partial charge in [-0.2, -0.15) is 0 Å². The smallest absolute Gasteiger partial charge is 0.406 e. The first kappa shape index (κ1) is 14.1. The maximum atomic E-state index is 12.0. The zero-order valence-electron chi connectivity index (χ0n) is 10.2. The monoisotopic (exact) mass is 284 g/mol. The molecule has 0 aliphatic heterocycles. The topological polar surface area (TPSA) is 68.4 Å². The van der Waals surface area contributed by atoms with Gasteiger partial charge in [-0.15, -0.1) is 13.2 Å². The minimum Gasteiger partial charge on any atom is -0.406 e. The van der Waals surface area contributed by atoms with Crippen LogP contribution in [-0.4, -0.2) is 16.5 Å². The van der Waals surface area contributed by atoms with E-state index in [0.29, 0.717) is 16.8 Å². The summed E-state index contributed by atoms with van der Waals surface area (Å²) in [5.74, 6) is -0.0509. The molecule has 106 valence electrons. The summed E-state index contributed by atoms with van der Waals surface area (Å²) in [6, 6.07) is 8.49. The molecule has 20 heavy (non-hydrogen) atoms. The van der Waals surface area contributed by atoms with E-state index in [1.807, 2.05) is 0 Å². The highest BCUT2D eigenvalue weighted by Gasteiger charge is 2.30. The summed E-state index contributed by atoms with van der Waals surface area (Å²) < 4.78 is 39.9. The number of halogens is 3. The number of benzene rings is 1. The Hall–Kier alpha value is -2.28. The van der Waals surface area contributed by atoms with E-state index in [1.165, 1.54) is 24.3 Å². The molecule has 0 aliphatic rings. The van der Waals surface area contributed by atoms with Gasteiger partial charge in [0.1, 0.15) is 11.6 Å². The molecule has 0 fully saturated rings. The van der Waals surface area contributed by atoms with Crippen LogP contribution in [0.2, 0.25) is 0 Å². The van der Waals surface area contributed by atoms with Gasteiger partial charge in [-0.25, -0.2) is 4.98 Å². The molecule has 1 heterocycles. The number of aliphatic hydroxyl groups is 1. The fraction of sp³-hybridized carbons (Fsp3) is 0.154. The molecule has 0 amide bonds. The third kappa shape index (κ3) is 3.39. The number of pyridine rings is 1. The van der Waals surface area contributed by atoms with Gasteiger partial charge < -0.3 is 15.6 Å². The van der Waals surface area contributed by atoms with Gasteiger partial charge in [0.2, 0.25) is 0 Å². The van der Waals surface area contributed by atoms with Gasteiger partial charge in [-0.1, -0.05) is 12.1 Å². The highest BCUT2D eigenvalue weighted by atomic mass is 19.4. The lowest BCUT2D eigenvalue weighted by atomic mass is 10.0. The van der Waals surface area contributed by atoms with Crippen molar-refractivity contribution in [3.63, 3.8) is 0 Å². The first-order valence-corrected chi connectivity index (χ1v) is 5.61. The zero-order chi connectivity index (χ0) is 14.8. The lowest BCUT2D eigenvalue weighted by Crippen LogP contribution is -2.16. The van der Waals surface area contributed by atoms with Crippen LogP contribution in [0.5, 0.6) is 5.75 Å². The van der Waals surface area contributed by atoms with Crippen LogP contribution in [0, 0.1) is 0 Å². The van der Waals surface area contributed by atoms with Crippen LogP contribution >= 0.6 is 0 Å². The highest BCUT2D eigenvalue weighted by Crippen LogP contribution is 2.28. The Morgan fingerprint density at radius 3 is 2.30 bits per heavy atom. The van der Waals surface area contributed by atoms with Crippen LogP contribution in [-0.2, 0) is 6.61 Å².